The fourth-order valence-corrected chi connectivity index (χ4v) is 3.69. The second kappa shape index (κ2) is 7.50. The molecule has 134 valence electrons. The van der Waals surface area contributed by atoms with Crippen LogP contribution < -0.4 is 10.4 Å². The molecule has 1 aromatic heterocycles. The molecule has 0 aliphatic heterocycles. The first kappa shape index (κ1) is 17.1. The summed E-state index contributed by atoms with van der Waals surface area (Å²) in [6.45, 7) is 0. The summed E-state index contributed by atoms with van der Waals surface area (Å²) >= 11 is 0. The van der Waals surface area contributed by atoms with E-state index in [2.05, 4.69) is 58.5 Å². The first-order valence-corrected chi connectivity index (χ1v) is 9.04. The maximum Gasteiger partial charge on any atom is 0.305 e. The summed E-state index contributed by atoms with van der Waals surface area (Å²) in [7, 11) is 0. The SMILES string of the molecule is C1=c2c(ccc3c2=CCc2ccccc2-3)CCC1.O=[N+]([O-])c1cncnc1. The predicted molar refractivity (Wildman–Crippen MR) is 105 cm³/mol. The number of hydrogen-bond donors (Lipinski definition) is 0. The Morgan fingerprint density at radius 1 is 0.889 bits per heavy atom. The van der Waals surface area contributed by atoms with E-state index in [1.54, 1.807) is 0 Å². The molecule has 0 spiro atoms. The van der Waals surface area contributed by atoms with Crippen LogP contribution in [0.15, 0.2) is 55.1 Å². The highest BCUT2D eigenvalue weighted by molar-refractivity contribution is 5.74. The lowest BCUT2D eigenvalue weighted by Gasteiger charge is -2.17. The van der Waals surface area contributed by atoms with Crippen LogP contribution in [0.25, 0.3) is 23.3 Å². The van der Waals surface area contributed by atoms with Crippen LogP contribution in [0.2, 0.25) is 0 Å². The monoisotopic (exact) mass is 357 g/mol. The molecule has 2 aromatic carbocycles. The molecule has 0 saturated heterocycles. The number of nitro groups is 1. The molecule has 2 aliphatic carbocycles. The zero-order chi connectivity index (χ0) is 18.6. The van der Waals surface area contributed by atoms with E-state index >= 15 is 0 Å². The summed E-state index contributed by atoms with van der Waals surface area (Å²) in [5.41, 5.74) is 5.76. The maximum atomic E-state index is 9.93. The fourth-order valence-electron chi connectivity index (χ4n) is 3.69. The van der Waals surface area contributed by atoms with Gasteiger partial charge in [-0.05, 0) is 58.4 Å². The molecule has 0 amide bonds. The number of nitrogens with zero attached hydrogens (tertiary/aromatic N) is 3. The molecule has 5 nitrogen and oxygen atoms in total. The van der Waals surface area contributed by atoms with E-state index in [0.717, 1.165) is 18.8 Å². The van der Waals surface area contributed by atoms with Crippen LogP contribution >= 0.6 is 0 Å². The van der Waals surface area contributed by atoms with Crippen molar-refractivity contribution < 1.29 is 4.92 Å². The van der Waals surface area contributed by atoms with Crippen molar-refractivity contribution in [1.29, 1.82) is 0 Å². The van der Waals surface area contributed by atoms with Gasteiger partial charge in [-0.2, -0.15) is 0 Å². The van der Waals surface area contributed by atoms with Gasteiger partial charge in [-0.15, -0.1) is 0 Å². The van der Waals surface area contributed by atoms with Crippen molar-refractivity contribution in [2.24, 2.45) is 0 Å². The van der Waals surface area contributed by atoms with Crippen LogP contribution in [0.5, 0.6) is 0 Å². The van der Waals surface area contributed by atoms with Gasteiger partial charge in [0.25, 0.3) is 0 Å². The van der Waals surface area contributed by atoms with Crippen LogP contribution in [0.1, 0.15) is 24.0 Å². The highest BCUT2D eigenvalue weighted by Crippen LogP contribution is 2.24. The number of fused-ring (bicyclic) bond motifs is 5. The molecule has 2 aliphatic rings. The van der Waals surface area contributed by atoms with E-state index in [9.17, 15) is 10.1 Å². The van der Waals surface area contributed by atoms with Gasteiger partial charge >= 0.3 is 5.69 Å². The standard InChI is InChI=1S/C18H16.C4H3N3O2/c1-3-7-15-13(5-1)9-11-18-16-8-4-2-6-14(16)10-12-17(15)18;8-7(9)4-1-5-3-6-2-4/h1,3,5,7-8,10-12H,2,4,6,9H2;1-3H. The topological polar surface area (TPSA) is 68.9 Å². The number of hydrogen-bond acceptors (Lipinski definition) is 4. The number of benzene rings is 2. The summed E-state index contributed by atoms with van der Waals surface area (Å²) in [6, 6.07) is 13.5. The van der Waals surface area contributed by atoms with Crippen molar-refractivity contribution in [1.82, 2.24) is 9.97 Å². The van der Waals surface area contributed by atoms with Crippen LogP contribution in [-0.2, 0) is 12.8 Å². The normalized spacial score (nSPS) is 13.5. The van der Waals surface area contributed by atoms with Crippen LogP contribution in [-0.4, -0.2) is 14.9 Å². The van der Waals surface area contributed by atoms with Crippen LogP contribution in [0, 0.1) is 10.1 Å². The highest BCUT2D eigenvalue weighted by atomic mass is 16.6. The van der Waals surface area contributed by atoms with Crippen LogP contribution in [0.3, 0.4) is 0 Å². The lowest BCUT2D eigenvalue weighted by molar-refractivity contribution is -0.385. The van der Waals surface area contributed by atoms with Crippen molar-refractivity contribution in [3.8, 4) is 11.1 Å². The van der Waals surface area contributed by atoms with E-state index in [1.807, 2.05) is 0 Å². The average Bonchev–Trinajstić information content (AvgIpc) is 2.74. The Balaban J connectivity index is 0.000000170. The van der Waals surface area contributed by atoms with Gasteiger partial charge in [-0.3, -0.25) is 10.1 Å². The second-order valence-corrected chi connectivity index (χ2v) is 6.62. The smallest absolute Gasteiger partial charge is 0.258 e. The third-order valence-electron chi connectivity index (χ3n) is 4.97. The lowest BCUT2D eigenvalue weighted by Crippen LogP contribution is -2.33. The second-order valence-electron chi connectivity index (χ2n) is 6.62. The molecule has 5 rings (SSSR count). The first-order valence-electron chi connectivity index (χ1n) is 9.04. The molecule has 0 atom stereocenters. The van der Waals surface area contributed by atoms with Crippen molar-refractivity contribution in [3.05, 3.63) is 86.8 Å². The van der Waals surface area contributed by atoms with Crippen molar-refractivity contribution in [2.75, 3.05) is 0 Å². The Kier molecular flexibility index (Phi) is 4.75. The van der Waals surface area contributed by atoms with Crippen molar-refractivity contribution in [3.63, 3.8) is 0 Å². The van der Waals surface area contributed by atoms with E-state index < -0.39 is 4.92 Å². The van der Waals surface area contributed by atoms with Gasteiger partial charge < -0.3 is 0 Å². The van der Waals surface area contributed by atoms with E-state index in [1.165, 1.54) is 58.3 Å². The summed E-state index contributed by atoms with van der Waals surface area (Å²) < 4.78 is 0. The van der Waals surface area contributed by atoms with Gasteiger partial charge in [-0.1, -0.05) is 48.6 Å². The summed E-state index contributed by atoms with van der Waals surface area (Å²) in [5.74, 6) is 0. The van der Waals surface area contributed by atoms with E-state index in [-0.39, 0.29) is 5.69 Å². The zero-order valence-electron chi connectivity index (χ0n) is 14.8. The molecule has 0 fully saturated rings. The number of rotatable bonds is 1. The molecule has 3 aromatic rings. The molecule has 5 heteroatoms. The zero-order valence-corrected chi connectivity index (χ0v) is 14.8. The predicted octanol–water partition coefficient (Wildman–Crippen LogP) is 3.19. The van der Waals surface area contributed by atoms with Crippen LogP contribution in [0.4, 0.5) is 5.69 Å². The molecule has 0 saturated carbocycles. The maximum absolute atomic E-state index is 9.93. The van der Waals surface area contributed by atoms with Crippen molar-refractivity contribution in [2.45, 2.75) is 25.7 Å². The Morgan fingerprint density at radius 3 is 2.48 bits per heavy atom. The average molecular weight is 357 g/mol. The van der Waals surface area contributed by atoms with Gasteiger partial charge in [-0.25, -0.2) is 9.97 Å². The molecule has 0 bridgehead atoms. The van der Waals surface area contributed by atoms with E-state index in [4.69, 9.17) is 0 Å². The first-order chi connectivity index (χ1) is 13.2. The molecule has 0 unspecified atom stereocenters. The minimum Gasteiger partial charge on any atom is -0.258 e. The Bertz CT molecular complexity index is 1110. The summed E-state index contributed by atoms with van der Waals surface area (Å²) in [5, 5.41) is 12.9. The minimum atomic E-state index is -0.542. The van der Waals surface area contributed by atoms with E-state index in [0.29, 0.717) is 0 Å². The third kappa shape index (κ3) is 3.49. The molecular weight excluding hydrogens is 338 g/mol. The van der Waals surface area contributed by atoms with Gasteiger partial charge in [0.05, 0.1) is 4.92 Å². The van der Waals surface area contributed by atoms with Crippen molar-refractivity contribution >= 4 is 17.8 Å². The Labute approximate surface area is 156 Å². The number of aryl methyl sites for hydroxylation is 1. The molecule has 0 radical (unpaired) electrons. The highest BCUT2D eigenvalue weighted by Gasteiger charge is 2.13. The fraction of sp³-hybridized carbons (Fsp3) is 0.182. The Hall–Kier alpha value is -3.34. The van der Waals surface area contributed by atoms with Gasteiger partial charge in [0, 0.05) is 0 Å². The number of aromatic nitrogens is 2. The summed E-state index contributed by atoms with van der Waals surface area (Å²) in [6.07, 6.45) is 13.2. The quantitative estimate of drug-likeness (QED) is 0.495. The largest absolute Gasteiger partial charge is 0.305 e. The lowest BCUT2D eigenvalue weighted by atomic mass is 9.87. The molecular formula is C22H19N3O2. The molecule has 1 heterocycles. The van der Waals surface area contributed by atoms with Gasteiger partial charge in [0.1, 0.15) is 18.7 Å². The molecule has 27 heavy (non-hydrogen) atoms. The van der Waals surface area contributed by atoms with Gasteiger partial charge in [0.2, 0.25) is 0 Å². The minimum absolute atomic E-state index is 0.0856. The third-order valence-corrected chi connectivity index (χ3v) is 4.97. The Morgan fingerprint density at radius 2 is 1.70 bits per heavy atom. The van der Waals surface area contributed by atoms with Gasteiger partial charge in [0.15, 0.2) is 0 Å². The summed E-state index contributed by atoms with van der Waals surface area (Å²) in [4.78, 5) is 16.3. The molecule has 0 N–H and O–H groups in total.